The lowest BCUT2D eigenvalue weighted by Crippen LogP contribution is -2.05. The summed E-state index contributed by atoms with van der Waals surface area (Å²) in [4.78, 5) is 23.5. The summed E-state index contributed by atoms with van der Waals surface area (Å²) in [6.45, 7) is 4.71. The molecular weight excluding hydrogens is 352 g/mol. The summed E-state index contributed by atoms with van der Waals surface area (Å²) in [6.07, 6.45) is 4.22. The third-order valence-corrected chi connectivity index (χ3v) is 4.55. The summed E-state index contributed by atoms with van der Waals surface area (Å²) in [5, 5.41) is 0. The number of hydrogen-bond donors (Lipinski definition) is 0. The predicted molar refractivity (Wildman–Crippen MR) is 110 cm³/mol. The molecule has 0 spiro atoms. The Morgan fingerprint density at radius 2 is 0.964 bits per heavy atom. The quantitative estimate of drug-likeness (QED) is 0.384. The van der Waals surface area contributed by atoms with Crippen LogP contribution in [-0.2, 0) is 32.3 Å². The number of carbonyl (C=O) groups is 2. The first kappa shape index (κ1) is 21.7. The molecule has 0 aliphatic carbocycles. The number of rotatable bonds is 11. The molecule has 0 atom stereocenters. The number of unbranched alkanes of at least 4 members (excludes halogenated alkanes) is 3. The zero-order valence-electron chi connectivity index (χ0n) is 16.9. The second kappa shape index (κ2) is 12.0. The fraction of sp³-hybridized carbons (Fsp3) is 0.417. The molecule has 2 aromatic rings. The third-order valence-electron chi connectivity index (χ3n) is 4.55. The van der Waals surface area contributed by atoms with Crippen LogP contribution in [0.1, 0.15) is 60.8 Å². The van der Waals surface area contributed by atoms with Crippen LogP contribution in [0.2, 0.25) is 0 Å². The van der Waals surface area contributed by atoms with E-state index in [1.807, 2.05) is 62.4 Å². The first-order valence-corrected chi connectivity index (χ1v) is 9.95. The van der Waals surface area contributed by atoms with Crippen molar-refractivity contribution in [2.45, 2.75) is 65.6 Å². The minimum absolute atomic E-state index is 0.168. The van der Waals surface area contributed by atoms with Gasteiger partial charge in [-0.2, -0.15) is 0 Å². The molecule has 28 heavy (non-hydrogen) atoms. The highest BCUT2D eigenvalue weighted by Crippen LogP contribution is 2.10. The Morgan fingerprint density at radius 1 is 0.607 bits per heavy atom. The van der Waals surface area contributed by atoms with Crippen LogP contribution in [-0.4, -0.2) is 11.9 Å². The molecule has 0 aromatic heterocycles. The monoisotopic (exact) mass is 382 g/mol. The summed E-state index contributed by atoms with van der Waals surface area (Å²) >= 11 is 0. The standard InChI is InChI=1S/C24H30O4/c1-19-9-13-21(14-10-19)17-27-23(25)7-5-3-4-6-8-24(26)28-18-22-15-11-20(2)12-16-22/h9-16H,3-8,17-18H2,1-2H3. The highest BCUT2D eigenvalue weighted by Gasteiger charge is 2.06. The number of hydrogen-bond acceptors (Lipinski definition) is 4. The van der Waals surface area contributed by atoms with Crippen LogP contribution in [0.5, 0.6) is 0 Å². The SMILES string of the molecule is Cc1ccc(COC(=O)CCCCCCC(=O)OCc2ccc(C)cc2)cc1. The molecule has 2 aromatic carbocycles. The van der Waals surface area contributed by atoms with Gasteiger partial charge in [-0.25, -0.2) is 0 Å². The second-order valence-electron chi connectivity index (χ2n) is 7.21. The average molecular weight is 383 g/mol. The fourth-order valence-electron chi connectivity index (χ4n) is 2.73. The molecule has 0 heterocycles. The molecule has 150 valence electrons. The molecule has 0 radical (unpaired) electrons. The summed E-state index contributed by atoms with van der Waals surface area (Å²) in [7, 11) is 0. The van der Waals surface area contributed by atoms with E-state index in [1.54, 1.807) is 0 Å². The van der Waals surface area contributed by atoms with Crippen molar-refractivity contribution in [1.82, 2.24) is 0 Å². The van der Waals surface area contributed by atoms with Gasteiger partial charge in [-0.1, -0.05) is 72.5 Å². The van der Waals surface area contributed by atoms with E-state index in [9.17, 15) is 9.59 Å². The molecule has 4 nitrogen and oxygen atoms in total. The minimum Gasteiger partial charge on any atom is -0.461 e. The van der Waals surface area contributed by atoms with E-state index in [4.69, 9.17) is 9.47 Å². The molecule has 4 heteroatoms. The summed E-state index contributed by atoms with van der Waals surface area (Å²) in [6, 6.07) is 15.9. The molecule has 0 N–H and O–H groups in total. The maximum atomic E-state index is 11.8. The van der Waals surface area contributed by atoms with Gasteiger partial charge >= 0.3 is 11.9 Å². The van der Waals surface area contributed by atoms with E-state index in [0.29, 0.717) is 26.1 Å². The molecular formula is C24H30O4. The molecule has 0 saturated heterocycles. The Morgan fingerprint density at radius 3 is 1.32 bits per heavy atom. The highest BCUT2D eigenvalue weighted by atomic mass is 16.5. The maximum Gasteiger partial charge on any atom is 0.306 e. The van der Waals surface area contributed by atoms with Crippen LogP contribution in [0.3, 0.4) is 0 Å². The number of ether oxygens (including phenoxy) is 2. The lowest BCUT2D eigenvalue weighted by molar-refractivity contribution is -0.146. The van der Waals surface area contributed by atoms with Gasteiger partial charge in [-0.15, -0.1) is 0 Å². The van der Waals surface area contributed by atoms with Crippen molar-refractivity contribution in [1.29, 1.82) is 0 Å². The Balaban J connectivity index is 1.47. The second-order valence-corrected chi connectivity index (χ2v) is 7.21. The van der Waals surface area contributed by atoms with Gasteiger partial charge < -0.3 is 9.47 Å². The van der Waals surface area contributed by atoms with Crippen molar-refractivity contribution in [2.24, 2.45) is 0 Å². The van der Waals surface area contributed by atoms with E-state index in [1.165, 1.54) is 11.1 Å². The number of aryl methyl sites for hydroxylation is 2. The minimum atomic E-state index is -0.168. The van der Waals surface area contributed by atoms with Gasteiger partial charge in [-0.3, -0.25) is 9.59 Å². The van der Waals surface area contributed by atoms with E-state index in [-0.39, 0.29) is 11.9 Å². The highest BCUT2D eigenvalue weighted by molar-refractivity contribution is 5.69. The van der Waals surface area contributed by atoms with Gasteiger partial charge in [0.1, 0.15) is 13.2 Å². The van der Waals surface area contributed by atoms with Crippen molar-refractivity contribution >= 4 is 11.9 Å². The molecule has 0 amide bonds. The maximum absolute atomic E-state index is 11.8. The van der Waals surface area contributed by atoms with Crippen LogP contribution in [0.4, 0.5) is 0 Å². The van der Waals surface area contributed by atoms with E-state index >= 15 is 0 Å². The Kier molecular flexibility index (Phi) is 9.26. The summed E-state index contributed by atoms with van der Waals surface area (Å²) < 4.78 is 10.6. The lowest BCUT2D eigenvalue weighted by Gasteiger charge is -2.06. The van der Waals surface area contributed by atoms with Crippen molar-refractivity contribution in [2.75, 3.05) is 0 Å². The van der Waals surface area contributed by atoms with Crippen LogP contribution in [0.15, 0.2) is 48.5 Å². The van der Waals surface area contributed by atoms with Gasteiger partial charge in [0, 0.05) is 12.8 Å². The smallest absolute Gasteiger partial charge is 0.306 e. The molecule has 0 aliphatic rings. The fourth-order valence-corrected chi connectivity index (χ4v) is 2.73. The molecule has 2 rings (SSSR count). The molecule has 0 saturated carbocycles. The average Bonchev–Trinajstić information content (AvgIpc) is 2.69. The van der Waals surface area contributed by atoms with Gasteiger partial charge in [0.05, 0.1) is 0 Å². The number of esters is 2. The number of benzene rings is 2. The van der Waals surface area contributed by atoms with Gasteiger partial charge in [-0.05, 0) is 37.8 Å². The van der Waals surface area contributed by atoms with Crippen LogP contribution in [0.25, 0.3) is 0 Å². The first-order valence-electron chi connectivity index (χ1n) is 9.95. The van der Waals surface area contributed by atoms with Crippen LogP contribution >= 0.6 is 0 Å². The predicted octanol–water partition coefficient (Wildman–Crippen LogP) is 5.43. The van der Waals surface area contributed by atoms with Crippen molar-refractivity contribution in [3.05, 3.63) is 70.8 Å². The number of carbonyl (C=O) groups excluding carboxylic acids is 2. The summed E-state index contributed by atoms with van der Waals surface area (Å²) in [5.41, 5.74) is 4.38. The summed E-state index contributed by atoms with van der Waals surface area (Å²) in [5.74, 6) is -0.337. The molecule has 0 aliphatic heterocycles. The zero-order valence-corrected chi connectivity index (χ0v) is 16.9. The molecule has 0 bridgehead atoms. The van der Waals surface area contributed by atoms with Crippen molar-refractivity contribution in [3.8, 4) is 0 Å². The normalized spacial score (nSPS) is 10.5. The molecule has 0 fully saturated rings. The van der Waals surface area contributed by atoms with Gasteiger partial charge in [0.25, 0.3) is 0 Å². The van der Waals surface area contributed by atoms with Crippen LogP contribution < -0.4 is 0 Å². The topological polar surface area (TPSA) is 52.6 Å². The largest absolute Gasteiger partial charge is 0.461 e. The van der Waals surface area contributed by atoms with Crippen molar-refractivity contribution in [3.63, 3.8) is 0 Å². The third kappa shape index (κ3) is 8.85. The van der Waals surface area contributed by atoms with E-state index in [0.717, 1.165) is 36.8 Å². The Hall–Kier alpha value is -2.62. The Bertz CT molecular complexity index is 667. The van der Waals surface area contributed by atoms with E-state index in [2.05, 4.69) is 0 Å². The Labute approximate surface area is 167 Å². The van der Waals surface area contributed by atoms with Crippen molar-refractivity contribution < 1.29 is 19.1 Å². The van der Waals surface area contributed by atoms with E-state index < -0.39 is 0 Å². The van der Waals surface area contributed by atoms with Gasteiger partial charge in [0.2, 0.25) is 0 Å². The van der Waals surface area contributed by atoms with Crippen LogP contribution in [0, 0.1) is 13.8 Å². The van der Waals surface area contributed by atoms with Gasteiger partial charge in [0.15, 0.2) is 0 Å². The first-order chi connectivity index (χ1) is 13.5. The lowest BCUT2D eigenvalue weighted by atomic mass is 10.1. The zero-order chi connectivity index (χ0) is 20.2. The molecule has 0 unspecified atom stereocenters.